The average molecular weight is 806 g/mol. The van der Waals surface area contributed by atoms with E-state index in [-0.39, 0.29) is 6.04 Å². The molecule has 12 aromatic rings. The summed E-state index contributed by atoms with van der Waals surface area (Å²) in [5.41, 5.74) is 11.8. The third-order valence-electron chi connectivity index (χ3n) is 13.2. The quantitative estimate of drug-likeness (QED) is 0.171. The first kappa shape index (κ1) is 35.7. The molecule has 1 aliphatic heterocycles. The first-order chi connectivity index (χ1) is 31.2. The molecule has 3 heterocycles. The lowest BCUT2D eigenvalue weighted by molar-refractivity contribution is 0.663. The van der Waals surface area contributed by atoms with Gasteiger partial charge < -0.3 is 8.98 Å². The van der Waals surface area contributed by atoms with E-state index in [0.717, 1.165) is 85.1 Å². The number of rotatable bonds is 5. The Balaban J connectivity index is 1.05. The van der Waals surface area contributed by atoms with Gasteiger partial charge >= 0.3 is 0 Å². The van der Waals surface area contributed by atoms with Gasteiger partial charge in [0.15, 0.2) is 5.84 Å². The van der Waals surface area contributed by atoms with Crippen LogP contribution in [0.2, 0.25) is 0 Å². The van der Waals surface area contributed by atoms with Gasteiger partial charge in [-0.3, -0.25) is 4.99 Å². The highest BCUT2D eigenvalue weighted by molar-refractivity contribution is 6.23. The molecule has 10 aromatic carbocycles. The highest BCUT2D eigenvalue weighted by atomic mass is 16.3. The lowest BCUT2D eigenvalue weighted by Crippen LogP contribution is -2.05. The molecular formula is C59H39N3O. The number of para-hydroxylation sites is 1. The first-order valence-electron chi connectivity index (χ1n) is 21.8. The van der Waals surface area contributed by atoms with Crippen molar-refractivity contribution in [2.75, 3.05) is 0 Å². The van der Waals surface area contributed by atoms with E-state index in [1.165, 1.54) is 48.8 Å². The van der Waals surface area contributed by atoms with Crippen molar-refractivity contribution in [1.29, 1.82) is 0 Å². The van der Waals surface area contributed by atoms with E-state index in [1.54, 1.807) is 0 Å². The van der Waals surface area contributed by atoms with Gasteiger partial charge in [0.05, 0.1) is 28.5 Å². The first-order valence-corrected chi connectivity index (χ1v) is 21.8. The Morgan fingerprint density at radius 1 is 0.444 bits per heavy atom. The van der Waals surface area contributed by atoms with Crippen molar-refractivity contribution in [3.63, 3.8) is 0 Å². The summed E-state index contributed by atoms with van der Waals surface area (Å²) in [6, 6.07) is 74.0. The van der Waals surface area contributed by atoms with Crippen LogP contribution >= 0.6 is 0 Å². The third-order valence-corrected chi connectivity index (χ3v) is 13.2. The zero-order valence-corrected chi connectivity index (χ0v) is 34.4. The Morgan fingerprint density at radius 3 is 1.92 bits per heavy atom. The fourth-order valence-corrected chi connectivity index (χ4v) is 10.2. The number of benzene rings is 10. The zero-order valence-electron chi connectivity index (χ0n) is 34.4. The summed E-state index contributed by atoms with van der Waals surface area (Å²) in [7, 11) is 0. The molecule has 0 bridgehead atoms. The number of hydrogen-bond donors (Lipinski definition) is 0. The Kier molecular flexibility index (Phi) is 8.07. The normalized spacial score (nSPS) is 14.6. The lowest BCUT2D eigenvalue weighted by atomic mass is 9.94. The van der Waals surface area contributed by atoms with Gasteiger partial charge in [-0.25, -0.2) is 4.99 Å². The monoisotopic (exact) mass is 805 g/mol. The van der Waals surface area contributed by atoms with Crippen LogP contribution in [0, 0.1) is 0 Å². The van der Waals surface area contributed by atoms with E-state index in [0.29, 0.717) is 0 Å². The maximum atomic E-state index is 6.84. The largest absolute Gasteiger partial charge is 0.456 e. The fraction of sp³-hybridized carbons (Fsp3) is 0.0508. The number of aromatic nitrogens is 1. The highest BCUT2D eigenvalue weighted by Gasteiger charge is 2.26. The molecule has 4 heteroatoms. The molecule has 13 rings (SSSR count). The molecule has 4 nitrogen and oxygen atoms in total. The van der Waals surface area contributed by atoms with Gasteiger partial charge in [-0.1, -0.05) is 170 Å². The molecule has 1 unspecified atom stereocenters. The van der Waals surface area contributed by atoms with Crippen LogP contribution in [0.4, 0.5) is 0 Å². The van der Waals surface area contributed by atoms with Crippen molar-refractivity contribution >= 4 is 87.6 Å². The molecule has 1 aliphatic rings. The minimum Gasteiger partial charge on any atom is -0.456 e. The van der Waals surface area contributed by atoms with E-state index in [1.807, 2.05) is 0 Å². The van der Waals surface area contributed by atoms with Crippen LogP contribution in [-0.4, -0.2) is 16.1 Å². The summed E-state index contributed by atoms with van der Waals surface area (Å²) in [6.45, 7) is 0. The van der Waals surface area contributed by atoms with E-state index >= 15 is 0 Å². The molecule has 2 aromatic heterocycles. The minimum absolute atomic E-state index is 0.220. The van der Waals surface area contributed by atoms with Gasteiger partial charge in [0, 0.05) is 33.2 Å². The molecule has 0 aliphatic carbocycles. The smallest absolute Gasteiger partial charge is 0.156 e. The molecular weight excluding hydrogens is 767 g/mol. The number of nitrogens with zero attached hydrogens (tertiary/aromatic N) is 3. The summed E-state index contributed by atoms with van der Waals surface area (Å²) in [5, 5.41) is 11.9. The number of furan rings is 1. The molecule has 0 saturated heterocycles. The van der Waals surface area contributed by atoms with Gasteiger partial charge in [-0.2, -0.15) is 0 Å². The number of aliphatic imine (C=N–C) groups is 2. The molecule has 0 spiro atoms. The number of amidine groups is 1. The van der Waals surface area contributed by atoms with E-state index in [2.05, 4.69) is 211 Å². The van der Waals surface area contributed by atoms with Crippen LogP contribution in [-0.2, 0) is 0 Å². The fourth-order valence-electron chi connectivity index (χ4n) is 10.2. The second kappa shape index (κ2) is 14.3. The van der Waals surface area contributed by atoms with Crippen molar-refractivity contribution in [3.8, 4) is 16.8 Å². The lowest BCUT2D eigenvalue weighted by Gasteiger charge is -2.17. The van der Waals surface area contributed by atoms with Crippen molar-refractivity contribution < 1.29 is 4.42 Å². The summed E-state index contributed by atoms with van der Waals surface area (Å²) in [6.07, 6.45) is 1.52. The van der Waals surface area contributed by atoms with Gasteiger partial charge in [-0.15, -0.1) is 0 Å². The van der Waals surface area contributed by atoms with Crippen LogP contribution < -0.4 is 0 Å². The standard InChI is InChI=1S/C59H39N3O/c1-2-13-37(14-3-1)38-25-27-41(28-26-38)51-30-31-52(61-59(60-51)47-23-12-19-39-15-6-8-20-45(39)47)49-35-44(36-56-58(49)48-22-10-11-24-55(48)63-56)62-53-32-29-40-16-7-9-21-46(40)57(53)50-33-42-17-4-5-18-43(42)34-54(50)62/h1-29,32-36,52H,30-31H2. The topological polar surface area (TPSA) is 42.8 Å². The Morgan fingerprint density at radius 2 is 1.10 bits per heavy atom. The van der Waals surface area contributed by atoms with Crippen molar-refractivity contribution in [2.45, 2.75) is 18.9 Å². The summed E-state index contributed by atoms with van der Waals surface area (Å²) >= 11 is 0. The van der Waals surface area contributed by atoms with Crippen LogP contribution in [0.3, 0.4) is 0 Å². The van der Waals surface area contributed by atoms with E-state index < -0.39 is 0 Å². The Labute approximate surface area is 363 Å². The summed E-state index contributed by atoms with van der Waals surface area (Å²) in [4.78, 5) is 11.3. The highest BCUT2D eigenvalue weighted by Crippen LogP contribution is 2.44. The molecule has 296 valence electrons. The molecule has 0 N–H and O–H groups in total. The van der Waals surface area contributed by atoms with Gasteiger partial charge in [-0.05, 0) is 97.7 Å². The van der Waals surface area contributed by atoms with Crippen LogP contribution in [0.25, 0.3) is 92.9 Å². The van der Waals surface area contributed by atoms with Crippen LogP contribution in [0.5, 0.6) is 0 Å². The SMILES string of the molecule is c1ccc(-c2ccc(C3=NC(c4cccc5ccccc45)=NC(c4cc(-n5c6cc7ccccc7cc6c6c7ccccc7ccc65)cc5oc6ccccc6c45)CC3)cc2)cc1. The van der Waals surface area contributed by atoms with Gasteiger partial charge in [0.25, 0.3) is 0 Å². The Hall–Kier alpha value is -8.08. The third kappa shape index (κ3) is 5.83. The van der Waals surface area contributed by atoms with Gasteiger partial charge in [0.1, 0.15) is 11.2 Å². The maximum absolute atomic E-state index is 6.84. The number of fused-ring (bicyclic) bond motifs is 10. The average Bonchev–Trinajstić information content (AvgIpc) is 3.79. The molecule has 0 saturated carbocycles. The predicted molar refractivity (Wildman–Crippen MR) is 264 cm³/mol. The second-order valence-corrected chi connectivity index (χ2v) is 16.8. The van der Waals surface area contributed by atoms with Gasteiger partial charge in [0.2, 0.25) is 0 Å². The van der Waals surface area contributed by atoms with Crippen molar-refractivity contribution in [3.05, 3.63) is 223 Å². The summed E-state index contributed by atoms with van der Waals surface area (Å²) < 4.78 is 9.28. The number of hydrogen-bond acceptors (Lipinski definition) is 3. The van der Waals surface area contributed by atoms with Crippen molar-refractivity contribution in [2.24, 2.45) is 9.98 Å². The summed E-state index contributed by atoms with van der Waals surface area (Å²) in [5.74, 6) is 0.748. The van der Waals surface area contributed by atoms with Crippen LogP contribution in [0.15, 0.2) is 221 Å². The van der Waals surface area contributed by atoms with E-state index in [9.17, 15) is 0 Å². The molecule has 0 radical (unpaired) electrons. The van der Waals surface area contributed by atoms with Crippen molar-refractivity contribution in [1.82, 2.24) is 4.57 Å². The zero-order chi connectivity index (χ0) is 41.4. The Bertz CT molecular complexity index is 3850. The second-order valence-electron chi connectivity index (χ2n) is 16.8. The maximum Gasteiger partial charge on any atom is 0.156 e. The minimum atomic E-state index is -0.220. The van der Waals surface area contributed by atoms with E-state index in [4.69, 9.17) is 14.4 Å². The molecule has 0 amide bonds. The van der Waals surface area contributed by atoms with Crippen LogP contribution in [0.1, 0.15) is 35.6 Å². The molecule has 0 fully saturated rings. The molecule has 1 atom stereocenters. The predicted octanol–water partition coefficient (Wildman–Crippen LogP) is 15.6. The molecule has 63 heavy (non-hydrogen) atoms.